The number of carbonyl (C=O) groups is 2. The Morgan fingerprint density at radius 1 is 0.894 bits per heavy atom. The molecular formula is C35H39N7O4S. The van der Waals surface area contributed by atoms with Crippen LogP contribution in [0.2, 0.25) is 0 Å². The van der Waals surface area contributed by atoms with E-state index in [1.54, 1.807) is 28.0 Å². The molecule has 0 radical (unpaired) electrons. The van der Waals surface area contributed by atoms with E-state index in [0.717, 1.165) is 63.2 Å². The zero-order chi connectivity index (χ0) is 32.5. The Labute approximate surface area is 276 Å². The zero-order valence-electron chi connectivity index (χ0n) is 26.7. The van der Waals surface area contributed by atoms with E-state index in [9.17, 15) is 14.4 Å². The number of benzene rings is 2. The van der Waals surface area contributed by atoms with Crippen molar-refractivity contribution in [3.05, 3.63) is 71.1 Å². The van der Waals surface area contributed by atoms with Gasteiger partial charge in [-0.3, -0.25) is 28.6 Å². The highest BCUT2D eigenvalue weighted by molar-refractivity contribution is 7.26. The molecule has 0 aliphatic carbocycles. The fraction of sp³-hybridized carbons (Fsp3) is 0.371. The second-order valence-corrected chi connectivity index (χ2v) is 13.5. The molecule has 2 aromatic carbocycles. The molecule has 2 saturated heterocycles. The summed E-state index contributed by atoms with van der Waals surface area (Å²) in [5.74, 6) is 0.612. The number of hydrogen-bond acceptors (Lipinski definition) is 9. The molecular weight excluding hydrogens is 614 g/mol. The molecule has 5 aromatic rings. The van der Waals surface area contributed by atoms with Crippen LogP contribution in [0.3, 0.4) is 0 Å². The van der Waals surface area contributed by atoms with Crippen molar-refractivity contribution in [3.8, 4) is 11.1 Å². The van der Waals surface area contributed by atoms with Crippen molar-refractivity contribution in [3.63, 3.8) is 0 Å². The first kappa shape index (κ1) is 31.3. The number of rotatable bonds is 8. The van der Waals surface area contributed by atoms with Crippen LogP contribution in [-0.2, 0) is 14.3 Å². The summed E-state index contributed by atoms with van der Waals surface area (Å²) in [6, 6.07) is 17.8. The normalized spacial score (nSPS) is 16.4. The number of nitrogens with zero attached hydrogens (tertiary/aromatic N) is 5. The molecule has 0 unspecified atom stereocenters. The third-order valence-electron chi connectivity index (χ3n) is 8.75. The van der Waals surface area contributed by atoms with Gasteiger partial charge in [0.2, 0.25) is 11.8 Å². The summed E-state index contributed by atoms with van der Waals surface area (Å²) >= 11 is 1.67. The lowest BCUT2D eigenvalue weighted by Crippen LogP contribution is -2.51. The van der Waals surface area contributed by atoms with Gasteiger partial charge in [0.1, 0.15) is 11.5 Å². The summed E-state index contributed by atoms with van der Waals surface area (Å²) in [7, 11) is 0. The highest BCUT2D eigenvalue weighted by atomic mass is 32.1. The molecule has 0 spiro atoms. The van der Waals surface area contributed by atoms with Crippen LogP contribution in [0.4, 0.5) is 11.5 Å². The maximum Gasteiger partial charge on any atom is 0.259 e. The van der Waals surface area contributed by atoms with Crippen LogP contribution < -0.4 is 21.1 Å². The van der Waals surface area contributed by atoms with Crippen LogP contribution in [0.15, 0.2) is 65.6 Å². The Bertz CT molecular complexity index is 2010. The lowest BCUT2D eigenvalue weighted by molar-refractivity contribution is -0.124. The molecule has 244 valence electrons. The molecule has 12 heteroatoms. The summed E-state index contributed by atoms with van der Waals surface area (Å²) in [6.45, 7) is 10.1. The Kier molecular flexibility index (Phi) is 8.91. The smallest absolute Gasteiger partial charge is 0.259 e. The lowest BCUT2D eigenvalue weighted by atomic mass is 10.0. The van der Waals surface area contributed by atoms with Gasteiger partial charge in [-0.05, 0) is 38.1 Å². The molecule has 11 nitrogen and oxygen atoms in total. The average molecular weight is 654 g/mol. The van der Waals surface area contributed by atoms with E-state index in [1.165, 1.54) is 0 Å². The van der Waals surface area contributed by atoms with Crippen molar-refractivity contribution < 1.29 is 14.3 Å². The van der Waals surface area contributed by atoms with Crippen LogP contribution in [0.5, 0.6) is 0 Å². The predicted octanol–water partition coefficient (Wildman–Crippen LogP) is 3.65. The molecule has 7 rings (SSSR count). The van der Waals surface area contributed by atoms with Crippen LogP contribution in [0, 0.1) is 0 Å². The molecule has 47 heavy (non-hydrogen) atoms. The molecule has 2 N–H and O–H groups in total. The topological polar surface area (TPSA) is 112 Å². The summed E-state index contributed by atoms with van der Waals surface area (Å²) < 4.78 is 9.26. The molecule has 2 fully saturated rings. The molecule has 0 bridgehead atoms. The van der Waals surface area contributed by atoms with E-state index in [4.69, 9.17) is 9.72 Å². The van der Waals surface area contributed by atoms with Crippen molar-refractivity contribution in [2.75, 3.05) is 75.8 Å². The molecule has 2 amide bonds. The van der Waals surface area contributed by atoms with E-state index in [1.807, 2.05) is 50.2 Å². The van der Waals surface area contributed by atoms with E-state index >= 15 is 0 Å². The third kappa shape index (κ3) is 6.59. The fourth-order valence-electron chi connectivity index (χ4n) is 6.49. The number of pyridine rings is 1. The van der Waals surface area contributed by atoms with E-state index in [-0.39, 0.29) is 30.0 Å². The van der Waals surface area contributed by atoms with E-state index < -0.39 is 0 Å². The Balaban J connectivity index is 1.17. The Morgan fingerprint density at radius 2 is 1.62 bits per heavy atom. The Morgan fingerprint density at radius 3 is 2.36 bits per heavy atom. The monoisotopic (exact) mass is 653 g/mol. The minimum atomic E-state index is -0.130. The number of piperazine rings is 1. The number of anilines is 2. The third-order valence-corrected chi connectivity index (χ3v) is 9.96. The van der Waals surface area contributed by atoms with E-state index in [2.05, 4.69) is 37.5 Å². The van der Waals surface area contributed by atoms with Crippen molar-refractivity contribution in [2.24, 2.45) is 0 Å². The van der Waals surface area contributed by atoms with Crippen molar-refractivity contribution in [1.82, 2.24) is 24.5 Å². The van der Waals surface area contributed by atoms with Gasteiger partial charge in [0.15, 0.2) is 0 Å². The van der Waals surface area contributed by atoms with Crippen LogP contribution in [0.25, 0.3) is 36.9 Å². The first-order valence-electron chi connectivity index (χ1n) is 16.2. The lowest BCUT2D eigenvalue weighted by Gasteiger charge is -2.34. The van der Waals surface area contributed by atoms with Gasteiger partial charge in [-0.2, -0.15) is 0 Å². The second-order valence-electron chi connectivity index (χ2n) is 12.5. The molecule has 2 aliphatic rings. The number of amides is 2. The van der Waals surface area contributed by atoms with Crippen molar-refractivity contribution in [1.29, 1.82) is 0 Å². The number of hydrogen-bond donors (Lipinski definition) is 2. The summed E-state index contributed by atoms with van der Waals surface area (Å²) in [5, 5.41) is 8.20. The Hall–Kier alpha value is -4.36. The molecule has 0 saturated carbocycles. The van der Waals surface area contributed by atoms with Gasteiger partial charge >= 0.3 is 0 Å². The van der Waals surface area contributed by atoms with Crippen LogP contribution in [-0.4, -0.2) is 103 Å². The zero-order valence-corrected chi connectivity index (χ0v) is 27.5. The van der Waals surface area contributed by atoms with Gasteiger partial charge < -0.3 is 20.3 Å². The van der Waals surface area contributed by atoms with Gasteiger partial charge in [-0.25, -0.2) is 4.98 Å². The van der Waals surface area contributed by atoms with Gasteiger partial charge in [0, 0.05) is 88.9 Å². The molecule has 3 aromatic heterocycles. The number of morpholine rings is 1. The SMILES string of the molecule is CC(C)NC(=O)CN1CCN(CC(=O)Nc2ccc(-c3cccn4c(=O)cc(N5CCOCC5)nc34)c3sc4ccccc4c23)CC1. The van der Waals surface area contributed by atoms with Crippen LogP contribution in [0.1, 0.15) is 13.8 Å². The van der Waals surface area contributed by atoms with Gasteiger partial charge in [-0.15, -0.1) is 11.3 Å². The highest BCUT2D eigenvalue weighted by Gasteiger charge is 2.23. The second kappa shape index (κ2) is 13.4. The largest absolute Gasteiger partial charge is 0.378 e. The standard InChI is InChI=1S/C35H39N7O4S/c1-23(2)36-30(43)21-39-12-14-40(15-13-39)22-31(44)37-27-10-9-24(34-33(27)26-6-3-4-8-28(26)47-34)25-7-5-11-42-32(45)20-29(38-35(25)42)41-16-18-46-19-17-41/h3-11,20,23H,12-19,21-22H2,1-2H3,(H,36,43)(H,37,44). The first-order chi connectivity index (χ1) is 22.8. The fourth-order valence-corrected chi connectivity index (χ4v) is 7.75. The minimum absolute atomic E-state index is 0.0329. The highest BCUT2D eigenvalue weighted by Crippen LogP contribution is 2.44. The average Bonchev–Trinajstić information content (AvgIpc) is 3.46. The number of aromatic nitrogens is 2. The number of nitrogens with one attached hydrogen (secondary N) is 2. The van der Waals surface area contributed by atoms with Gasteiger partial charge in [0.05, 0.1) is 32.0 Å². The number of carbonyl (C=O) groups excluding carboxylic acids is 2. The first-order valence-corrected chi connectivity index (χ1v) is 17.0. The summed E-state index contributed by atoms with van der Waals surface area (Å²) in [5.41, 5.74) is 3.04. The van der Waals surface area contributed by atoms with Crippen LogP contribution >= 0.6 is 11.3 Å². The number of thiophene rings is 1. The summed E-state index contributed by atoms with van der Waals surface area (Å²) in [6.07, 6.45) is 1.76. The van der Waals surface area contributed by atoms with Gasteiger partial charge in [0.25, 0.3) is 5.56 Å². The molecule has 0 atom stereocenters. The van der Waals surface area contributed by atoms with E-state index in [0.29, 0.717) is 44.3 Å². The van der Waals surface area contributed by atoms with Crippen molar-refractivity contribution >= 4 is 60.5 Å². The number of fused-ring (bicyclic) bond motifs is 4. The van der Waals surface area contributed by atoms with Crippen molar-refractivity contribution in [2.45, 2.75) is 19.9 Å². The molecule has 5 heterocycles. The quantitative estimate of drug-likeness (QED) is 0.261. The predicted molar refractivity (Wildman–Crippen MR) is 188 cm³/mol. The molecule has 2 aliphatic heterocycles. The number of ether oxygens (including phenoxy) is 1. The summed E-state index contributed by atoms with van der Waals surface area (Å²) in [4.78, 5) is 50.2. The maximum absolute atomic E-state index is 13.4. The minimum Gasteiger partial charge on any atom is -0.378 e. The maximum atomic E-state index is 13.4. The van der Waals surface area contributed by atoms with Gasteiger partial charge in [-0.1, -0.05) is 24.3 Å².